The molecule has 0 saturated carbocycles. The first-order valence-corrected chi connectivity index (χ1v) is 6.75. The number of aromatic nitrogens is 1. The van der Waals surface area contributed by atoms with Gasteiger partial charge in [0.05, 0.1) is 0 Å². The quantitative estimate of drug-likeness (QED) is 0.790. The number of aryl methyl sites for hydroxylation is 1. The fourth-order valence-electron chi connectivity index (χ4n) is 1.61. The highest BCUT2D eigenvalue weighted by Crippen LogP contribution is 2.25. The zero-order valence-electron chi connectivity index (χ0n) is 10.8. The van der Waals surface area contributed by atoms with Crippen LogP contribution < -0.4 is 4.74 Å². The van der Waals surface area contributed by atoms with Gasteiger partial charge in [0.1, 0.15) is 5.75 Å². The number of ether oxygens (including phenoxy) is 1. The molecule has 0 atom stereocenters. The summed E-state index contributed by atoms with van der Waals surface area (Å²) in [6.45, 7) is 6.37. The van der Waals surface area contributed by atoms with Crippen LogP contribution >= 0.6 is 15.9 Å². The molecule has 2 aromatic rings. The zero-order valence-corrected chi connectivity index (χ0v) is 12.4. The molecule has 18 heavy (non-hydrogen) atoms. The predicted molar refractivity (Wildman–Crippen MR) is 77.3 cm³/mol. The Balaban J connectivity index is 2.15. The number of nitrogens with zero attached hydrogens (tertiary/aromatic N) is 1. The summed E-state index contributed by atoms with van der Waals surface area (Å²) in [5.41, 5.74) is 2.42. The van der Waals surface area contributed by atoms with E-state index in [1.165, 1.54) is 5.56 Å². The number of benzene rings is 1. The van der Waals surface area contributed by atoms with Crippen LogP contribution in [0.25, 0.3) is 0 Å². The van der Waals surface area contributed by atoms with Crippen LogP contribution in [-0.4, -0.2) is 4.98 Å². The van der Waals surface area contributed by atoms with E-state index >= 15 is 0 Å². The largest absolute Gasteiger partial charge is 0.439 e. The maximum absolute atomic E-state index is 5.72. The van der Waals surface area contributed by atoms with Gasteiger partial charge in [-0.1, -0.05) is 26.0 Å². The Labute approximate surface area is 116 Å². The molecule has 0 aliphatic carbocycles. The molecule has 2 nitrogen and oxygen atoms in total. The molecule has 0 unspecified atom stereocenters. The third-order valence-electron chi connectivity index (χ3n) is 2.79. The molecule has 0 radical (unpaired) electrons. The minimum Gasteiger partial charge on any atom is -0.439 e. The lowest BCUT2D eigenvalue weighted by Gasteiger charge is -2.08. The Morgan fingerprint density at radius 1 is 1.17 bits per heavy atom. The molecule has 0 aliphatic rings. The van der Waals surface area contributed by atoms with E-state index in [0.29, 0.717) is 11.8 Å². The van der Waals surface area contributed by atoms with Crippen LogP contribution in [-0.2, 0) is 0 Å². The molecule has 1 aromatic heterocycles. The van der Waals surface area contributed by atoms with Crippen LogP contribution in [0.5, 0.6) is 11.6 Å². The van der Waals surface area contributed by atoms with Gasteiger partial charge in [-0.2, -0.15) is 0 Å². The number of pyridine rings is 1. The highest BCUT2D eigenvalue weighted by molar-refractivity contribution is 9.10. The monoisotopic (exact) mass is 305 g/mol. The van der Waals surface area contributed by atoms with Crippen molar-refractivity contribution in [2.45, 2.75) is 26.7 Å². The van der Waals surface area contributed by atoms with Crippen LogP contribution in [0.4, 0.5) is 0 Å². The fourth-order valence-corrected chi connectivity index (χ4v) is 1.83. The van der Waals surface area contributed by atoms with Crippen molar-refractivity contribution in [3.05, 3.63) is 52.1 Å². The predicted octanol–water partition coefficient (Wildman–Crippen LogP) is 5.07. The molecule has 0 bridgehead atoms. The average molecular weight is 306 g/mol. The Bertz CT molecular complexity index is 535. The van der Waals surface area contributed by atoms with E-state index in [1.807, 2.05) is 25.1 Å². The molecule has 94 valence electrons. The smallest absolute Gasteiger partial charge is 0.219 e. The molecule has 1 heterocycles. The maximum atomic E-state index is 5.72. The minimum atomic E-state index is 0.534. The van der Waals surface area contributed by atoms with Crippen molar-refractivity contribution in [2.75, 3.05) is 0 Å². The van der Waals surface area contributed by atoms with E-state index in [1.54, 1.807) is 6.20 Å². The van der Waals surface area contributed by atoms with Crippen LogP contribution in [0.2, 0.25) is 0 Å². The number of rotatable bonds is 3. The number of hydrogen-bond donors (Lipinski definition) is 0. The van der Waals surface area contributed by atoms with Crippen LogP contribution in [0, 0.1) is 6.92 Å². The third-order valence-corrected chi connectivity index (χ3v) is 3.62. The van der Waals surface area contributed by atoms with Gasteiger partial charge in [0.25, 0.3) is 0 Å². The summed E-state index contributed by atoms with van der Waals surface area (Å²) >= 11 is 3.42. The SMILES string of the molecule is Cc1cc(Oc2ccc(C(C)C)cc2)ncc1Br. The van der Waals surface area contributed by atoms with E-state index in [9.17, 15) is 0 Å². The highest BCUT2D eigenvalue weighted by atomic mass is 79.9. The summed E-state index contributed by atoms with van der Waals surface area (Å²) < 4.78 is 6.71. The standard InChI is InChI=1S/C15H16BrNO/c1-10(2)12-4-6-13(7-5-12)18-15-8-11(3)14(16)9-17-15/h4-10H,1-3H3. The summed E-state index contributed by atoms with van der Waals surface area (Å²) in [4.78, 5) is 4.22. The molecule has 1 aromatic carbocycles. The van der Waals surface area contributed by atoms with Crippen molar-refractivity contribution in [2.24, 2.45) is 0 Å². The van der Waals surface area contributed by atoms with E-state index in [0.717, 1.165) is 15.8 Å². The van der Waals surface area contributed by atoms with Gasteiger partial charge in [0, 0.05) is 16.7 Å². The zero-order chi connectivity index (χ0) is 13.1. The van der Waals surface area contributed by atoms with Crippen molar-refractivity contribution in [1.82, 2.24) is 4.98 Å². The number of hydrogen-bond acceptors (Lipinski definition) is 2. The molecule has 0 N–H and O–H groups in total. The molecule has 0 aliphatic heterocycles. The van der Waals surface area contributed by atoms with Crippen molar-refractivity contribution < 1.29 is 4.74 Å². The lowest BCUT2D eigenvalue weighted by Crippen LogP contribution is -1.91. The lowest BCUT2D eigenvalue weighted by atomic mass is 10.0. The first kappa shape index (κ1) is 13.1. The molecule has 3 heteroatoms. The summed E-state index contributed by atoms with van der Waals surface area (Å²) in [6, 6.07) is 10.1. The summed E-state index contributed by atoms with van der Waals surface area (Å²) in [7, 11) is 0. The number of halogens is 1. The first-order chi connectivity index (χ1) is 8.56. The maximum Gasteiger partial charge on any atom is 0.219 e. The normalized spacial score (nSPS) is 10.7. The van der Waals surface area contributed by atoms with Gasteiger partial charge in [-0.25, -0.2) is 4.98 Å². The second-order valence-corrected chi connectivity index (χ2v) is 5.45. The van der Waals surface area contributed by atoms with Gasteiger partial charge in [-0.05, 0) is 52.0 Å². The molecule has 0 spiro atoms. The van der Waals surface area contributed by atoms with E-state index in [2.05, 4.69) is 46.9 Å². The Morgan fingerprint density at radius 2 is 1.83 bits per heavy atom. The van der Waals surface area contributed by atoms with Crippen molar-refractivity contribution in [1.29, 1.82) is 0 Å². The lowest BCUT2D eigenvalue weighted by molar-refractivity contribution is 0.462. The van der Waals surface area contributed by atoms with Gasteiger partial charge in [0.2, 0.25) is 5.88 Å². The molecule has 2 rings (SSSR count). The molecule has 0 saturated heterocycles. The van der Waals surface area contributed by atoms with E-state index < -0.39 is 0 Å². The Kier molecular flexibility index (Phi) is 4.02. The van der Waals surface area contributed by atoms with Crippen molar-refractivity contribution >= 4 is 15.9 Å². The topological polar surface area (TPSA) is 22.1 Å². The van der Waals surface area contributed by atoms with Gasteiger partial charge >= 0.3 is 0 Å². The van der Waals surface area contributed by atoms with E-state index in [-0.39, 0.29) is 0 Å². The summed E-state index contributed by atoms with van der Waals surface area (Å²) in [5, 5.41) is 0. The van der Waals surface area contributed by atoms with Crippen LogP contribution in [0.3, 0.4) is 0 Å². The summed E-state index contributed by atoms with van der Waals surface area (Å²) in [5.74, 6) is 1.97. The first-order valence-electron chi connectivity index (χ1n) is 5.96. The van der Waals surface area contributed by atoms with Gasteiger partial charge < -0.3 is 4.74 Å². The second-order valence-electron chi connectivity index (χ2n) is 4.60. The van der Waals surface area contributed by atoms with Crippen molar-refractivity contribution in [3.8, 4) is 11.6 Å². The second kappa shape index (κ2) is 5.53. The van der Waals surface area contributed by atoms with Gasteiger partial charge in [-0.3, -0.25) is 0 Å². The Hall–Kier alpha value is -1.35. The minimum absolute atomic E-state index is 0.534. The van der Waals surface area contributed by atoms with Gasteiger partial charge in [-0.15, -0.1) is 0 Å². The molecular formula is C15H16BrNO. The highest BCUT2D eigenvalue weighted by Gasteiger charge is 2.03. The van der Waals surface area contributed by atoms with Crippen molar-refractivity contribution in [3.63, 3.8) is 0 Å². The fraction of sp³-hybridized carbons (Fsp3) is 0.267. The third kappa shape index (κ3) is 3.10. The van der Waals surface area contributed by atoms with Crippen LogP contribution in [0.15, 0.2) is 41.0 Å². The molecular weight excluding hydrogens is 290 g/mol. The average Bonchev–Trinajstić information content (AvgIpc) is 2.34. The van der Waals surface area contributed by atoms with Crippen LogP contribution in [0.1, 0.15) is 30.9 Å². The molecule has 0 fully saturated rings. The molecule has 0 amide bonds. The Morgan fingerprint density at radius 3 is 2.39 bits per heavy atom. The van der Waals surface area contributed by atoms with Gasteiger partial charge in [0.15, 0.2) is 0 Å². The summed E-state index contributed by atoms with van der Waals surface area (Å²) in [6.07, 6.45) is 1.76. The van der Waals surface area contributed by atoms with E-state index in [4.69, 9.17) is 4.74 Å².